The maximum Gasteiger partial charge on any atom is 0.170 e. The van der Waals surface area contributed by atoms with E-state index >= 15 is 0 Å². The van der Waals surface area contributed by atoms with Crippen molar-refractivity contribution in [1.82, 2.24) is 0 Å². The first-order chi connectivity index (χ1) is 6.97. The van der Waals surface area contributed by atoms with Crippen LogP contribution < -0.4 is 11.5 Å². The van der Waals surface area contributed by atoms with Crippen molar-refractivity contribution in [3.8, 4) is 6.07 Å². The lowest BCUT2D eigenvalue weighted by Gasteiger charge is -2.14. The summed E-state index contributed by atoms with van der Waals surface area (Å²) in [5.74, 6) is 0. The van der Waals surface area contributed by atoms with E-state index in [1.54, 1.807) is 19.1 Å². The molecule has 15 heavy (non-hydrogen) atoms. The van der Waals surface area contributed by atoms with Crippen LogP contribution >= 0.6 is 0 Å². The monoisotopic (exact) mass is 207 g/mol. The van der Waals surface area contributed by atoms with E-state index in [0.717, 1.165) is 0 Å². The van der Waals surface area contributed by atoms with Crippen LogP contribution in [0, 0.1) is 18.3 Å². The van der Waals surface area contributed by atoms with E-state index < -0.39 is 12.2 Å². The van der Waals surface area contributed by atoms with E-state index in [-0.39, 0.29) is 0 Å². The van der Waals surface area contributed by atoms with Gasteiger partial charge in [0.1, 0.15) is 6.10 Å². The van der Waals surface area contributed by atoms with Gasteiger partial charge in [0.15, 0.2) is 6.10 Å². The molecule has 0 radical (unpaired) electrons. The maximum atomic E-state index is 9.56. The Kier molecular flexibility index (Phi) is 3.14. The lowest BCUT2D eigenvalue weighted by atomic mass is 10.0. The fourth-order valence-electron chi connectivity index (χ4n) is 1.28. The fraction of sp³-hybridized carbons (Fsp3) is 0.300. The van der Waals surface area contributed by atoms with Crippen molar-refractivity contribution >= 4 is 11.4 Å². The second kappa shape index (κ2) is 4.17. The molecule has 2 unspecified atom stereocenters. The fourth-order valence-corrected chi connectivity index (χ4v) is 1.28. The average molecular weight is 207 g/mol. The van der Waals surface area contributed by atoms with Crippen LogP contribution in [0.15, 0.2) is 12.1 Å². The van der Waals surface area contributed by atoms with E-state index in [4.69, 9.17) is 21.8 Å². The molecule has 6 N–H and O–H groups in total. The molecule has 0 saturated heterocycles. The van der Waals surface area contributed by atoms with Gasteiger partial charge in [0.25, 0.3) is 0 Å². The van der Waals surface area contributed by atoms with Gasteiger partial charge in [0.05, 0.1) is 17.4 Å². The van der Waals surface area contributed by atoms with Crippen LogP contribution in [-0.2, 0) is 0 Å². The molecule has 1 aromatic carbocycles. The number of aliphatic hydroxyl groups excluding tert-OH is 2. The summed E-state index contributed by atoms with van der Waals surface area (Å²) in [6, 6.07) is 4.60. The number of hydrogen-bond acceptors (Lipinski definition) is 5. The summed E-state index contributed by atoms with van der Waals surface area (Å²) in [7, 11) is 0. The molecule has 0 amide bonds. The molecule has 0 aliphatic rings. The number of benzene rings is 1. The zero-order valence-electron chi connectivity index (χ0n) is 8.31. The highest BCUT2D eigenvalue weighted by atomic mass is 16.3. The molecule has 2 atom stereocenters. The molecular formula is C10H13N3O2. The number of nitriles is 1. The number of nitrogens with zero attached hydrogens (tertiary/aromatic N) is 1. The summed E-state index contributed by atoms with van der Waals surface area (Å²) in [6.07, 6.45) is -2.73. The number of aliphatic hydroxyl groups is 2. The van der Waals surface area contributed by atoms with Crippen molar-refractivity contribution in [3.05, 3.63) is 23.3 Å². The van der Waals surface area contributed by atoms with Crippen LogP contribution in [0.3, 0.4) is 0 Å². The predicted molar refractivity (Wildman–Crippen MR) is 56.6 cm³/mol. The van der Waals surface area contributed by atoms with Crippen molar-refractivity contribution in [2.75, 3.05) is 11.5 Å². The molecule has 1 rings (SSSR count). The minimum atomic E-state index is -1.47. The van der Waals surface area contributed by atoms with E-state index in [2.05, 4.69) is 0 Å². The normalized spacial score (nSPS) is 14.3. The summed E-state index contributed by atoms with van der Waals surface area (Å²) in [5.41, 5.74) is 13.1. The number of hydrogen-bond donors (Lipinski definition) is 4. The van der Waals surface area contributed by atoms with Crippen LogP contribution in [0.1, 0.15) is 17.2 Å². The first-order valence-electron chi connectivity index (χ1n) is 4.38. The van der Waals surface area contributed by atoms with E-state index in [1.165, 1.54) is 6.07 Å². The van der Waals surface area contributed by atoms with E-state index in [9.17, 15) is 5.11 Å². The highest BCUT2D eigenvalue weighted by molar-refractivity contribution is 5.68. The van der Waals surface area contributed by atoms with Crippen LogP contribution in [0.5, 0.6) is 0 Å². The molecule has 5 heteroatoms. The summed E-state index contributed by atoms with van der Waals surface area (Å²) < 4.78 is 0. The van der Waals surface area contributed by atoms with Crippen molar-refractivity contribution in [1.29, 1.82) is 5.26 Å². The molecule has 0 fully saturated rings. The summed E-state index contributed by atoms with van der Waals surface area (Å²) in [4.78, 5) is 0. The van der Waals surface area contributed by atoms with Gasteiger partial charge in [-0.15, -0.1) is 0 Å². The Morgan fingerprint density at radius 2 is 1.93 bits per heavy atom. The topological polar surface area (TPSA) is 116 Å². The molecular weight excluding hydrogens is 194 g/mol. The Morgan fingerprint density at radius 1 is 1.33 bits per heavy atom. The average Bonchev–Trinajstić information content (AvgIpc) is 2.23. The third kappa shape index (κ3) is 2.18. The molecule has 0 aliphatic heterocycles. The van der Waals surface area contributed by atoms with Crippen LogP contribution in [-0.4, -0.2) is 16.3 Å². The zero-order chi connectivity index (χ0) is 11.6. The second-order valence-electron chi connectivity index (χ2n) is 3.36. The van der Waals surface area contributed by atoms with Gasteiger partial charge in [0, 0.05) is 0 Å². The number of rotatable bonds is 2. The van der Waals surface area contributed by atoms with Gasteiger partial charge >= 0.3 is 0 Å². The Bertz CT molecular complexity index is 389. The van der Waals surface area contributed by atoms with Gasteiger partial charge in [-0.05, 0) is 24.1 Å². The molecule has 0 aromatic heterocycles. The maximum absolute atomic E-state index is 9.56. The lowest BCUT2D eigenvalue weighted by molar-refractivity contribution is 0.0528. The van der Waals surface area contributed by atoms with Crippen molar-refractivity contribution in [3.63, 3.8) is 0 Å². The van der Waals surface area contributed by atoms with Gasteiger partial charge in [-0.25, -0.2) is 0 Å². The largest absolute Gasteiger partial charge is 0.397 e. The summed E-state index contributed by atoms with van der Waals surface area (Å²) in [5, 5.41) is 27.2. The predicted octanol–water partition coefficient (Wildman–Crippen LogP) is 0.0773. The minimum absolute atomic E-state index is 0.328. The molecule has 0 spiro atoms. The van der Waals surface area contributed by atoms with Crippen molar-refractivity contribution in [2.24, 2.45) is 0 Å². The highest BCUT2D eigenvalue weighted by Gasteiger charge is 2.18. The summed E-state index contributed by atoms with van der Waals surface area (Å²) in [6.45, 7) is 1.74. The van der Waals surface area contributed by atoms with Gasteiger partial charge in [-0.3, -0.25) is 0 Å². The molecule has 0 aliphatic carbocycles. The number of nitrogen functional groups attached to an aromatic ring is 2. The third-order valence-corrected chi connectivity index (χ3v) is 2.21. The van der Waals surface area contributed by atoms with E-state index in [0.29, 0.717) is 22.5 Å². The lowest BCUT2D eigenvalue weighted by Crippen LogP contribution is -2.16. The first-order valence-corrected chi connectivity index (χ1v) is 4.38. The zero-order valence-corrected chi connectivity index (χ0v) is 8.31. The Labute approximate surface area is 87.6 Å². The molecule has 1 aromatic rings. The quantitative estimate of drug-likeness (QED) is 0.404. The molecule has 0 heterocycles. The van der Waals surface area contributed by atoms with Gasteiger partial charge < -0.3 is 21.7 Å². The molecule has 0 bridgehead atoms. The molecule has 0 saturated carbocycles. The first kappa shape index (κ1) is 11.3. The Balaban J connectivity index is 3.12. The number of anilines is 2. The third-order valence-electron chi connectivity index (χ3n) is 2.21. The smallest absolute Gasteiger partial charge is 0.170 e. The molecule has 80 valence electrons. The Hall–Kier alpha value is -1.77. The van der Waals surface area contributed by atoms with Gasteiger partial charge in [0.2, 0.25) is 0 Å². The van der Waals surface area contributed by atoms with Crippen molar-refractivity contribution in [2.45, 2.75) is 19.1 Å². The highest BCUT2D eigenvalue weighted by Crippen LogP contribution is 2.26. The van der Waals surface area contributed by atoms with Crippen LogP contribution in [0.25, 0.3) is 0 Å². The standard InChI is InChI=1S/C10H13N3O2/c1-5-2-6(3-7(12)9(5)13)10(15)8(14)4-11/h2-3,8,10,14-15H,12-13H2,1H3. The minimum Gasteiger partial charge on any atom is -0.397 e. The number of aryl methyl sites for hydroxylation is 1. The van der Waals surface area contributed by atoms with Crippen LogP contribution in [0.2, 0.25) is 0 Å². The Morgan fingerprint density at radius 3 is 2.40 bits per heavy atom. The summed E-state index contributed by atoms with van der Waals surface area (Å²) >= 11 is 0. The number of nitrogens with two attached hydrogens (primary N) is 2. The van der Waals surface area contributed by atoms with Gasteiger partial charge in [-0.1, -0.05) is 6.07 Å². The SMILES string of the molecule is Cc1cc(C(O)C(O)C#N)cc(N)c1N. The second-order valence-corrected chi connectivity index (χ2v) is 3.36. The van der Waals surface area contributed by atoms with Crippen LogP contribution in [0.4, 0.5) is 11.4 Å². The van der Waals surface area contributed by atoms with Gasteiger partial charge in [-0.2, -0.15) is 5.26 Å². The molecule has 5 nitrogen and oxygen atoms in total. The van der Waals surface area contributed by atoms with E-state index in [1.807, 2.05) is 0 Å². The van der Waals surface area contributed by atoms with Crippen molar-refractivity contribution < 1.29 is 10.2 Å².